The van der Waals surface area contributed by atoms with E-state index in [9.17, 15) is 4.79 Å². The van der Waals surface area contributed by atoms with E-state index in [2.05, 4.69) is 24.3 Å². The Morgan fingerprint density at radius 1 is 0.880 bits per heavy atom. The minimum absolute atomic E-state index is 0. The Balaban J connectivity index is 0.00000225. The highest BCUT2D eigenvalue weighted by Crippen LogP contribution is 2.12. The highest BCUT2D eigenvalue weighted by Gasteiger charge is 2.12. The molecule has 0 N–H and O–H groups in total. The number of hydrogen-bond acceptors (Lipinski definition) is 2. The van der Waals surface area contributed by atoms with E-state index in [4.69, 9.17) is 4.74 Å². The average molecular weight is 398 g/mol. The molecule has 1 aromatic heterocycles. The standard InChI is InChI=1S/C21H20NO2.BrH/c1-24-20-9-7-19(8-10-20)21(23)16-22-13-11-18(12-14-22)15-17-5-3-2-4-6-17;/h2-14H,15-16H2,1H3;1H/q+1;/p-1. The zero-order valence-corrected chi connectivity index (χ0v) is 15.6. The van der Waals surface area contributed by atoms with Gasteiger partial charge in [0, 0.05) is 17.7 Å². The number of carbonyl (C=O) groups is 1. The highest BCUT2D eigenvalue weighted by molar-refractivity contribution is 5.95. The molecule has 0 aliphatic carbocycles. The molecular formula is C21H20BrNO2. The van der Waals surface area contributed by atoms with E-state index < -0.39 is 0 Å². The van der Waals surface area contributed by atoms with Crippen LogP contribution in [-0.4, -0.2) is 12.9 Å². The zero-order chi connectivity index (χ0) is 16.8. The first kappa shape index (κ1) is 18.9. The summed E-state index contributed by atoms with van der Waals surface area (Å²) in [6.07, 6.45) is 4.81. The van der Waals surface area contributed by atoms with Crippen molar-refractivity contribution in [2.75, 3.05) is 7.11 Å². The van der Waals surface area contributed by atoms with Crippen molar-refractivity contribution in [3.63, 3.8) is 0 Å². The van der Waals surface area contributed by atoms with Crippen LogP contribution in [0.4, 0.5) is 0 Å². The Kier molecular flexibility index (Phi) is 6.90. The molecular weight excluding hydrogens is 378 g/mol. The van der Waals surface area contributed by atoms with Gasteiger partial charge < -0.3 is 21.7 Å². The number of ether oxygens (including phenoxy) is 1. The van der Waals surface area contributed by atoms with Gasteiger partial charge in [-0.3, -0.25) is 4.79 Å². The lowest BCUT2D eigenvalue weighted by molar-refractivity contribution is -0.683. The number of carbonyl (C=O) groups excluding carboxylic acids is 1. The molecule has 0 aliphatic rings. The number of Topliss-reactive ketones (excluding diaryl/α,β-unsaturated/α-hetero) is 1. The molecule has 128 valence electrons. The highest BCUT2D eigenvalue weighted by atomic mass is 79.9. The monoisotopic (exact) mass is 397 g/mol. The first-order chi connectivity index (χ1) is 11.7. The summed E-state index contributed by atoms with van der Waals surface area (Å²) < 4.78 is 7.02. The number of halogens is 1. The minimum Gasteiger partial charge on any atom is -1.00 e. The fraction of sp³-hybridized carbons (Fsp3) is 0.143. The van der Waals surface area contributed by atoms with Gasteiger partial charge in [0.2, 0.25) is 12.3 Å². The van der Waals surface area contributed by atoms with Crippen molar-refractivity contribution in [3.05, 3.63) is 95.8 Å². The normalized spacial score (nSPS) is 9.96. The smallest absolute Gasteiger partial charge is 0.227 e. The maximum atomic E-state index is 12.3. The molecule has 0 unspecified atom stereocenters. The van der Waals surface area contributed by atoms with Crippen LogP contribution in [0.15, 0.2) is 79.1 Å². The van der Waals surface area contributed by atoms with Gasteiger partial charge in [-0.05, 0) is 41.8 Å². The van der Waals surface area contributed by atoms with Crippen LogP contribution in [0.3, 0.4) is 0 Å². The summed E-state index contributed by atoms with van der Waals surface area (Å²) in [5.74, 6) is 0.836. The predicted octanol–water partition coefficient (Wildman–Crippen LogP) is 0.460. The lowest BCUT2D eigenvalue weighted by atomic mass is 10.1. The SMILES string of the molecule is COc1ccc(C(=O)C[n+]2ccc(Cc3ccccc3)cc2)cc1.[Br-]. The van der Waals surface area contributed by atoms with Crippen LogP contribution in [0, 0.1) is 0 Å². The van der Waals surface area contributed by atoms with Crippen molar-refractivity contribution < 1.29 is 31.1 Å². The van der Waals surface area contributed by atoms with Crippen LogP contribution >= 0.6 is 0 Å². The van der Waals surface area contributed by atoms with Crippen molar-refractivity contribution in [2.45, 2.75) is 13.0 Å². The molecule has 0 amide bonds. The number of pyridine rings is 1. The second-order valence-corrected chi connectivity index (χ2v) is 5.69. The fourth-order valence-corrected chi connectivity index (χ4v) is 2.58. The molecule has 0 bridgehead atoms. The van der Waals surface area contributed by atoms with Crippen LogP contribution in [0.25, 0.3) is 0 Å². The van der Waals surface area contributed by atoms with Crippen molar-refractivity contribution in [3.8, 4) is 5.75 Å². The number of aromatic nitrogens is 1. The van der Waals surface area contributed by atoms with Gasteiger partial charge >= 0.3 is 0 Å². The Bertz CT molecular complexity index is 800. The first-order valence-corrected chi connectivity index (χ1v) is 7.94. The number of methoxy groups -OCH3 is 1. The van der Waals surface area contributed by atoms with Crippen LogP contribution < -0.4 is 26.3 Å². The van der Waals surface area contributed by atoms with Crippen molar-refractivity contribution in [1.29, 1.82) is 0 Å². The van der Waals surface area contributed by atoms with Crippen molar-refractivity contribution in [2.24, 2.45) is 0 Å². The summed E-state index contributed by atoms with van der Waals surface area (Å²) in [5.41, 5.74) is 3.20. The number of nitrogens with zero attached hydrogens (tertiary/aromatic N) is 1. The van der Waals surface area contributed by atoms with Gasteiger partial charge in [0.05, 0.1) is 7.11 Å². The van der Waals surface area contributed by atoms with Crippen LogP contribution in [-0.2, 0) is 13.0 Å². The van der Waals surface area contributed by atoms with E-state index in [1.165, 1.54) is 11.1 Å². The molecule has 0 spiro atoms. The second-order valence-electron chi connectivity index (χ2n) is 5.69. The number of hydrogen-bond donors (Lipinski definition) is 0. The van der Waals surface area contributed by atoms with E-state index >= 15 is 0 Å². The summed E-state index contributed by atoms with van der Waals surface area (Å²) >= 11 is 0. The molecule has 0 aliphatic heterocycles. The molecule has 1 heterocycles. The van der Waals surface area contributed by atoms with E-state index in [1.54, 1.807) is 31.4 Å². The molecule has 3 aromatic rings. The lowest BCUT2D eigenvalue weighted by Gasteiger charge is -2.03. The van der Waals surface area contributed by atoms with Crippen LogP contribution in [0.2, 0.25) is 0 Å². The molecule has 25 heavy (non-hydrogen) atoms. The maximum absolute atomic E-state index is 12.3. The summed E-state index contributed by atoms with van der Waals surface area (Å²) in [7, 11) is 1.61. The van der Waals surface area contributed by atoms with Gasteiger partial charge in [0.1, 0.15) is 5.75 Å². The van der Waals surface area contributed by atoms with E-state index in [0.717, 1.165) is 12.2 Å². The van der Waals surface area contributed by atoms with Gasteiger partial charge in [-0.1, -0.05) is 30.3 Å². The quantitative estimate of drug-likeness (QED) is 0.446. The molecule has 0 fully saturated rings. The van der Waals surface area contributed by atoms with Crippen LogP contribution in [0.5, 0.6) is 5.75 Å². The van der Waals surface area contributed by atoms with Crippen molar-refractivity contribution >= 4 is 5.78 Å². The molecule has 0 atom stereocenters. The number of ketones is 1. The summed E-state index contributed by atoms with van der Waals surface area (Å²) in [4.78, 5) is 12.3. The molecule has 3 rings (SSSR count). The molecule has 0 radical (unpaired) electrons. The first-order valence-electron chi connectivity index (χ1n) is 7.94. The summed E-state index contributed by atoms with van der Waals surface area (Å²) in [5, 5.41) is 0. The van der Waals surface area contributed by atoms with Gasteiger partial charge in [0.15, 0.2) is 12.4 Å². The lowest BCUT2D eigenvalue weighted by Crippen LogP contribution is -3.00. The zero-order valence-electron chi connectivity index (χ0n) is 14.1. The van der Waals surface area contributed by atoms with E-state index in [0.29, 0.717) is 12.1 Å². The summed E-state index contributed by atoms with van der Waals surface area (Å²) in [6.45, 7) is 0.331. The number of benzene rings is 2. The molecule has 2 aromatic carbocycles. The largest absolute Gasteiger partial charge is 1.00 e. The van der Waals surface area contributed by atoms with Gasteiger partial charge in [0.25, 0.3) is 0 Å². The Hall–Kier alpha value is -2.46. The molecule has 4 heteroatoms. The second kappa shape index (κ2) is 9.14. The van der Waals surface area contributed by atoms with E-state index in [-0.39, 0.29) is 22.8 Å². The fourth-order valence-electron chi connectivity index (χ4n) is 2.58. The van der Waals surface area contributed by atoms with Crippen molar-refractivity contribution in [1.82, 2.24) is 0 Å². The third-order valence-electron chi connectivity index (χ3n) is 3.95. The van der Waals surface area contributed by atoms with Gasteiger partial charge in [-0.25, -0.2) is 0 Å². The molecule has 0 saturated heterocycles. The van der Waals surface area contributed by atoms with Gasteiger partial charge in [-0.2, -0.15) is 4.57 Å². The third kappa shape index (κ3) is 5.26. The minimum atomic E-state index is 0. The predicted molar refractivity (Wildman–Crippen MR) is 93.2 cm³/mol. The summed E-state index contributed by atoms with van der Waals surface area (Å²) in [6, 6.07) is 21.7. The van der Waals surface area contributed by atoms with E-state index in [1.807, 2.05) is 35.2 Å². The van der Waals surface area contributed by atoms with Crippen LogP contribution in [0.1, 0.15) is 21.5 Å². The average Bonchev–Trinajstić information content (AvgIpc) is 2.64. The Morgan fingerprint density at radius 3 is 2.08 bits per heavy atom. The topological polar surface area (TPSA) is 30.2 Å². The third-order valence-corrected chi connectivity index (χ3v) is 3.95. The maximum Gasteiger partial charge on any atom is 0.227 e. The number of rotatable bonds is 6. The molecule has 0 saturated carbocycles. The molecule has 3 nitrogen and oxygen atoms in total. The Morgan fingerprint density at radius 2 is 1.48 bits per heavy atom. The Labute approximate surface area is 158 Å². The van der Waals surface area contributed by atoms with Gasteiger partial charge in [-0.15, -0.1) is 0 Å².